The van der Waals surface area contributed by atoms with Gasteiger partial charge in [-0.25, -0.2) is 4.79 Å². The van der Waals surface area contributed by atoms with E-state index in [1.54, 1.807) is 23.9 Å². The topological polar surface area (TPSA) is 58.9 Å². The SMILES string of the molecule is COC1=C(N=CC2=C(C)C=CSC2)CC=CC(C(=O)O)=C1. The second-order valence-corrected chi connectivity index (χ2v) is 5.50. The lowest BCUT2D eigenvalue weighted by Crippen LogP contribution is -1.99. The highest BCUT2D eigenvalue weighted by atomic mass is 32.2. The molecule has 21 heavy (non-hydrogen) atoms. The van der Waals surface area contributed by atoms with Gasteiger partial charge in [-0.2, -0.15) is 0 Å². The molecule has 0 aromatic rings. The first-order chi connectivity index (χ1) is 10.1. The van der Waals surface area contributed by atoms with Crippen LogP contribution in [0.2, 0.25) is 0 Å². The number of ether oxygens (including phenoxy) is 1. The predicted octanol–water partition coefficient (Wildman–Crippen LogP) is 3.46. The standard InChI is InChI=1S/C16H17NO3S/c1-11-6-7-21-10-13(11)9-17-14-5-3-4-12(16(18)19)8-15(14)20-2/h3-4,6-9H,5,10H2,1-2H3,(H,18,19). The highest BCUT2D eigenvalue weighted by Crippen LogP contribution is 2.22. The van der Waals surface area contributed by atoms with Crippen molar-refractivity contribution >= 4 is 23.9 Å². The average molecular weight is 303 g/mol. The lowest BCUT2D eigenvalue weighted by molar-refractivity contribution is -0.132. The summed E-state index contributed by atoms with van der Waals surface area (Å²) in [4.78, 5) is 15.6. The average Bonchev–Trinajstić information content (AvgIpc) is 2.68. The largest absolute Gasteiger partial charge is 0.495 e. The Hall–Kier alpha value is -2.01. The molecule has 0 saturated carbocycles. The third kappa shape index (κ3) is 3.98. The quantitative estimate of drug-likeness (QED) is 0.808. The number of thioether (sulfide) groups is 1. The summed E-state index contributed by atoms with van der Waals surface area (Å²) in [6.07, 6.45) is 9.32. The molecule has 0 saturated heterocycles. The van der Waals surface area contributed by atoms with Crippen molar-refractivity contribution in [2.24, 2.45) is 4.99 Å². The van der Waals surface area contributed by atoms with Crippen molar-refractivity contribution in [1.82, 2.24) is 0 Å². The summed E-state index contributed by atoms with van der Waals surface area (Å²) in [7, 11) is 1.52. The van der Waals surface area contributed by atoms with Crippen LogP contribution in [-0.2, 0) is 9.53 Å². The minimum absolute atomic E-state index is 0.198. The van der Waals surface area contributed by atoms with Gasteiger partial charge in [-0.1, -0.05) is 18.2 Å². The van der Waals surface area contributed by atoms with Crippen molar-refractivity contribution in [1.29, 1.82) is 0 Å². The van der Waals surface area contributed by atoms with Gasteiger partial charge in [0.2, 0.25) is 0 Å². The van der Waals surface area contributed by atoms with Crippen LogP contribution >= 0.6 is 11.8 Å². The van der Waals surface area contributed by atoms with E-state index in [0.717, 1.165) is 11.4 Å². The summed E-state index contributed by atoms with van der Waals surface area (Å²) in [5.41, 5.74) is 3.29. The van der Waals surface area contributed by atoms with Gasteiger partial charge in [0, 0.05) is 18.4 Å². The first-order valence-electron chi connectivity index (χ1n) is 6.52. The van der Waals surface area contributed by atoms with Crippen LogP contribution in [0.25, 0.3) is 0 Å². The van der Waals surface area contributed by atoms with Gasteiger partial charge in [0.15, 0.2) is 0 Å². The molecule has 0 atom stereocenters. The van der Waals surface area contributed by atoms with E-state index in [9.17, 15) is 4.79 Å². The number of carbonyl (C=O) groups is 1. The van der Waals surface area contributed by atoms with Crippen molar-refractivity contribution < 1.29 is 14.6 Å². The summed E-state index contributed by atoms with van der Waals surface area (Å²) in [6.45, 7) is 2.05. The van der Waals surface area contributed by atoms with E-state index in [1.165, 1.54) is 24.3 Å². The van der Waals surface area contributed by atoms with Crippen molar-refractivity contribution in [3.63, 3.8) is 0 Å². The van der Waals surface area contributed by atoms with Crippen LogP contribution < -0.4 is 0 Å². The fourth-order valence-electron chi connectivity index (χ4n) is 1.90. The summed E-state index contributed by atoms with van der Waals surface area (Å²) in [5, 5.41) is 11.1. The molecule has 2 rings (SSSR count). The van der Waals surface area contributed by atoms with E-state index >= 15 is 0 Å². The molecule has 0 unspecified atom stereocenters. The van der Waals surface area contributed by atoms with Gasteiger partial charge in [0.05, 0.1) is 18.4 Å². The number of aliphatic imine (C=N–C) groups is 1. The first kappa shape index (κ1) is 15.4. The number of hydrogen-bond acceptors (Lipinski definition) is 4. The molecule has 1 aliphatic heterocycles. The van der Waals surface area contributed by atoms with Gasteiger partial charge in [-0.3, -0.25) is 4.99 Å². The Labute approximate surface area is 128 Å². The second-order valence-electron chi connectivity index (χ2n) is 4.61. The van der Waals surface area contributed by atoms with E-state index in [-0.39, 0.29) is 5.57 Å². The van der Waals surface area contributed by atoms with Gasteiger partial charge in [0.25, 0.3) is 0 Å². The molecule has 5 heteroatoms. The van der Waals surface area contributed by atoms with E-state index < -0.39 is 5.97 Å². The number of aliphatic carboxylic acids is 1. The maximum absolute atomic E-state index is 11.1. The lowest BCUT2D eigenvalue weighted by Gasteiger charge is -2.09. The predicted molar refractivity (Wildman–Crippen MR) is 86.3 cm³/mol. The Morgan fingerprint density at radius 1 is 1.48 bits per heavy atom. The van der Waals surface area contributed by atoms with Crippen molar-refractivity contribution in [2.45, 2.75) is 13.3 Å². The zero-order valence-corrected chi connectivity index (χ0v) is 12.8. The Morgan fingerprint density at radius 2 is 2.29 bits per heavy atom. The van der Waals surface area contributed by atoms with E-state index in [0.29, 0.717) is 12.2 Å². The van der Waals surface area contributed by atoms with Crippen LogP contribution in [0.15, 0.2) is 62.9 Å². The van der Waals surface area contributed by atoms with Crippen molar-refractivity contribution in [3.05, 3.63) is 57.9 Å². The molecule has 0 radical (unpaired) electrons. The Kier molecular flexibility index (Phi) is 5.22. The van der Waals surface area contributed by atoms with Gasteiger partial charge in [0.1, 0.15) is 5.76 Å². The molecular formula is C16H17NO3S. The molecule has 0 amide bonds. The zero-order valence-electron chi connectivity index (χ0n) is 12.0. The summed E-state index contributed by atoms with van der Waals surface area (Å²) >= 11 is 1.73. The first-order valence-corrected chi connectivity index (χ1v) is 7.57. The molecule has 1 aliphatic carbocycles. The minimum atomic E-state index is -0.974. The number of hydrogen-bond donors (Lipinski definition) is 1. The molecule has 2 aliphatic rings. The van der Waals surface area contributed by atoms with Crippen LogP contribution in [-0.4, -0.2) is 30.2 Å². The molecule has 4 nitrogen and oxygen atoms in total. The smallest absolute Gasteiger partial charge is 0.335 e. The zero-order chi connectivity index (χ0) is 15.2. The fraction of sp³-hybridized carbons (Fsp3) is 0.250. The molecule has 1 N–H and O–H groups in total. The normalized spacial score (nSPS) is 19.0. The minimum Gasteiger partial charge on any atom is -0.495 e. The maximum atomic E-state index is 11.1. The molecule has 0 spiro atoms. The Balaban J connectivity index is 2.31. The highest BCUT2D eigenvalue weighted by Gasteiger charge is 2.12. The fourth-order valence-corrected chi connectivity index (χ4v) is 2.78. The summed E-state index contributed by atoms with van der Waals surface area (Å²) in [6, 6.07) is 0. The van der Waals surface area contributed by atoms with Crippen LogP contribution in [0.5, 0.6) is 0 Å². The van der Waals surface area contributed by atoms with Crippen molar-refractivity contribution in [2.75, 3.05) is 12.9 Å². The molecule has 1 heterocycles. The van der Waals surface area contributed by atoms with Crippen molar-refractivity contribution in [3.8, 4) is 0 Å². The molecule has 0 aromatic heterocycles. The van der Waals surface area contributed by atoms with Gasteiger partial charge < -0.3 is 9.84 Å². The highest BCUT2D eigenvalue weighted by molar-refractivity contribution is 8.02. The molecule has 0 aromatic carbocycles. The summed E-state index contributed by atoms with van der Waals surface area (Å²) in [5.74, 6) is 0.414. The number of carboxylic acid groups (broad SMARTS) is 1. The Morgan fingerprint density at radius 3 is 2.95 bits per heavy atom. The van der Waals surface area contributed by atoms with E-state index in [1.807, 2.05) is 6.21 Å². The number of nitrogens with zero attached hydrogens (tertiary/aromatic N) is 1. The van der Waals surface area contributed by atoms with Gasteiger partial charge >= 0.3 is 5.97 Å². The van der Waals surface area contributed by atoms with E-state index in [4.69, 9.17) is 9.84 Å². The third-order valence-electron chi connectivity index (χ3n) is 3.18. The van der Waals surface area contributed by atoms with Crippen LogP contribution in [0.3, 0.4) is 0 Å². The summed E-state index contributed by atoms with van der Waals surface area (Å²) < 4.78 is 5.28. The number of methoxy groups -OCH3 is 1. The maximum Gasteiger partial charge on any atom is 0.335 e. The van der Waals surface area contributed by atoms with Crippen LogP contribution in [0.4, 0.5) is 0 Å². The second kappa shape index (κ2) is 7.13. The molecule has 0 fully saturated rings. The third-order valence-corrected chi connectivity index (χ3v) is 3.99. The lowest BCUT2D eigenvalue weighted by atomic mass is 10.1. The van der Waals surface area contributed by atoms with Crippen LogP contribution in [0, 0.1) is 0 Å². The number of carboxylic acids is 1. The van der Waals surface area contributed by atoms with Gasteiger partial charge in [-0.05, 0) is 29.6 Å². The van der Waals surface area contributed by atoms with Crippen LogP contribution in [0.1, 0.15) is 13.3 Å². The number of rotatable bonds is 4. The monoisotopic (exact) mass is 303 g/mol. The molecule has 0 bridgehead atoms. The molecular weight excluding hydrogens is 286 g/mol. The Bertz CT molecular complexity index is 621. The number of allylic oxidation sites excluding steroid dienone is 4. The van der Waals surface area contributed by atoms with Gasteiger partial charge in [-0.15, -0.1) is 11.8 Å². The molecule has 110 valence electrons. The van der Waals surface area contributed by atoms with E-state index in [2.05, 4.69) is 23.4 Å².